The molecule has 0 heterocycles. The van der Waals surface area contributed by atoms with E-state index < -0.39 is 16.5 Å². The maximum atomic E-state index is 10.2. The predicted molar refractivity (Wildman–Crippen MR) is 33.1 cm³/mol. The van der Waals surface area contributed by atoms with Gasteiger partial charge in [0.05, 0.1) is 10.6 Å². The monoisotopic (exact) mass is 145 g/mol. The Morgan fingerprint density at radius 3 is 1.90 bits per heavy atom. The minimum absolute atomic E-state index is 0.183. The standard InChI is InChI=1S/C4H7N3O3/c1-2(5)3(4(6)8)7(9)10/h5H2,1H3,(H2,6,8)/b3-2+. The molecule has 56 valence electrons. The highest BCUT2D eigenvalue weighted by Gasteiger charge is 2.20. The summed E-state index contributed by atoms with van der Waals surface area (Å²) in [5, 5.41) is 9.95. The molecule has 0 spiro atoms. The van der Waals surface area contributed by atoms with E-state index in [2.05, 4.69) is 5.73 Å². The molecule has 0 aromatic heterocycles. The van der Waals surface area contributed by atoms with Gasteiger partial charge in [-0.25, -0.2) is 0 Å². The maximum Gasteiger partial charge on any atom is 0.351 e. The fourth-order valence-electron chi connectivity index (χ4n) is 0.428. The van der Waals surface area contributed by atoms with Crippen molar-refractivity contribution in [1.29, 1.82) is 0 Å². The molecule has 0 atom stereocenters. The Hall–Kier alpha value is -1.59. The van der Waals surface area contributed by atoms with E-state index in [1.54, 1.807) is 0 Å². The van der Waals surface area contributed by atoms with Gasteiger partial charge >= 0.3 is 11.6 Å². The lowest BCUT2D eigenvalue weighted by molar-refractivity contribution is -0.420. The third-order valence-corrected chi connectivity index (χ3v) is 0.789. The zero-order valence-corrected chi connectivity index (χ0v) is 5.33. The average molecular weight is 145 g/mol. The van der Waals surface area contributed by atoms with Gasteiger partial charge in [0.25, 0.3) is 0 Å². The number of nitro groups is 1. The third kappa shape index (κ3) is 1.73. The summed E-state index contributed by atoms with van der Waals surface area (Å²) >= 11 is 0. The number of hydrogen-bond acceptors (Lipinski definition) is 4. The molecule has 0 aliphatic rings. The second-order valence-corrected chi connectivity index (χ2v) is 1.65. The molecule has 6 nitrogen and oxygen atoms in total. The topological polar surface area (TPSA) is 112 Å². The number of carbonyl (C=O) groups is 1. The van der Waals surface area contributed by atoms with Crippen LogP contribution < -0.4 is 11.5 Å². The van der Waals surface area contributed by atoms with Gasteiger partial charge in [0, 0.05) is 0 Å². The van der Waals surface area contributed by atoms with E-state index in [9.17, 15) is 14.9 Å². The van der Waals surface area contributed by atoms with Gasteiger partial charge in [0.2, 0.25) is 0 Å². The van der Waals surface area contributed by atoms with Crippen molar-refractivity contribution in [3.63, 3.8) is 0 Å². The largest absolute Gasteiger partial charge is 0.397 e. The zero-order chi connectivity index (χ0) is 8.31. The smallest absolute Gasteiger partial charge is 0.351 e. The van der Waals surface area contributed by atoms with Crippen LogP contribution in [0.3, 0.4) is 0 Å². The Labute approximate surface area is 56.6 Å². The van der Waals surface area contributed by atoms with Crippen LogP contribution >= 0.6 is 0 Å². The summed E-state index contributed by atoms with van der Waals surface area (Å²) in [4.78, 5) is 19.3. The molecule has 1 amide bonds. The van der Waals surface area contributed by atoms with E-state index in [1.165, 1.54) is 6.92 Å². The quantitative estimate of drug-likeness (QED) is 0.293. The molecule has 0 unspecified atom stereocenters. The molecular formula is C4H7N3O3. The molecule has 0 radical (unpaired) electrons. The fourth-order valence-corrected chi connectivity index (χ4v) is 0.428. The highest BCUT2D eigenvalue weighted by atomic mass is 16.6. The summed E-state index contributed by atoms with van der Waals surface area (Å²) in [6.07, 6.45) is 0. The van der Waals surface area contributed by atoms with Crippen molar-refractivity contribution in [2.24, 2.45) is 11.5 Å². The highest BCUT2D eigenvalue weighted by molar-refractivity contribution is 5.89. The van der Waals surface area contributed by atoms with E-state index in [0.29, 0.717) is 0 Å². The Bertz CT molecular complexity index is 188. The van der Waals surface area contributed by atoms with Crippen LogP contribution in [0.2, 0.25) is 0 Å². The van der Waals surface area contributed by atoms with Crippen LogP contribution in [0.4, 0.5) is 0 Å². The van der Waals surface area contributed by atoms with Crippen molar-refractivity contribution in [3.05, 3.63) is 21.5 Å². The van der Waals surface area contributed by atoms with Crippen molar-refractivity contribution >= 4 is 5.91 Å². The van der Waals surface area contributed by atoms with Gasteiger partial charge in [-0.1, -0.05) is 0 Å². The number of rotatable bonds is 2. The lowest BCUT2D eigenvalue weighted by Gasteiger charge is -1.92. The highest BCUT2D eigenvalue weighted by Crippen LogP contribution is 1.96. The molecule has 6 heteroatoms. The number of hydrogen-bond donors (Lipinski definition) is 2. The van der Waals surface area contributed by atoms with Gasteiger partial charge in [-0.3, -0.25) is 14.9 Å². The molecule has 0 aromatic carbocycles. The first-order chi connectivity index (χ1) is 4.46. The summed E-state index contributed by atoms with van der Waals surface area (Å²) in [6.45, 7) is 1.24. The molecule has 0 aliphatic carbocycles. The SMILES string of the molecule is C/C(N)=C(/C(N)=O)[N+](=O)[O-]. The molecule has 0 saturated carbocycles. The van der Waals surface area contributed by atoms with Crippen LogP contribution in [0.5, 0.6) is 0 Å². The summed E-state index contributed by atoms with van der Waals surface area (Å²) in [5.74, 6) is -1.12. The molecule has 0 bridgehead atoms. The summed E-state index contributed by atoms with van der Waals surface area (Å²) in [5.41, 5.74) is 8.66. The molecule has 0 rings (SSSR count). The first-order valence-electron chi connectivity index (χ1n) is 2.37. The number of nitrogens with zero attached hydrogens (tertiary/aromatic N) is 1. The molecule has 0 aromatic rings. The summed E-state index contributed by atoms with van der Waals surface area (Å²) < 4.78 is 0. The van der Waals surface area contributed by atoms with Crippen LogP contribution in [0, 0.1) is 10.1 Å². The van der Waals surface area contributed by atoms with Gasteiger partial charge in [0.15, 0.2) is 0 Å². The third-order valence-electron chi connectivity index (χ3n) is 0.789. The second kappa shape index (κ2) is 2.81. The molecular weight excluding hydrogens is 138 g/mol. The van der Waals surface area contributed by atoms with Crippen LogP contribution in [0.25, 0.3) is 0 Å². The zero-order valence-electron chi connectivity index (χ0n) is 5.33. The normalized spacial score (nSPS) is 12.1. The van der Waals surface area contributed by atoms with E-state index >= 15 is 0 Å². The van der Waals surface area contributed by atoms with Crippen molar-refractivity contribution in [2.45, 2.75) is 6.92 Å². The molecule has 0 aliphatic heterocycles. The van der Waals surface area contributed by atoms with Crippen molar-refractivity contribution in [1.82, 2.24) is 0 Å². The fraction of sp³-hybridized carbons (Fsp3) is 0.250. The summed E-state index contributed by atoms with van der Waals surface area (Å²) in [7, 11) is 0. The van der Waals surface area contributed by atoms with Gasteiger partial charge in [-0.05, 0) is 6.92 Å². The second-order valence-electron chi connectivity index (χ2n) is 1.65. The van der Waals surface area contributed by atoms with Crippen molar-refractivity contribution in [3.8, 4) is 0 Å². The minimum atomic E-state index is -1.12. The van der Waals surface area contributed by atoms with Gasteiger partial charge < -0.3 is 11.5 Å². The summed E-state index contributed by atoms with van der Waals surface area (Å²) in [6, 6.07) is 0. The van der Waals surface area contributed by atoms with Crippen LogP contribution in [0.1, 0.15) is 6.92 Å². The first kappa shape index (κ1) is 8.41. The molecule has 10 heavy (non-hydrogen) atoms. The van der Waals surface area contributed by atoms with E-state index in [1.807, 2.05) is 0 Å². The number of nitrogens with two attached hydrogens (primary N) is 2. The predicted octanol–water partition coefficient (Wildman–Crippen LogP) is -1.06. The van der Waals surface area contributed by atoms with Crippen molar-refractivity contribution < 1.29 is 9.72 Å². The van der Waals surface area contributed by atoms with Gasteiger partial charge in [-0.2, -0.15) is 0 Å². The number of carbonyl (C=O) groups excluding carboxylic acids is 1. The van der Waals surface area contributed by atoms with Crippen LogP contribution in [0.15, 0.2) is 11.4 Å². The van der Waals surface area contributed by atoms with E-state index in [0.717, 1.165) is 0 Å². The lowest BCUT2D eigenvalue weighted by Crippen LogP contribution is -2.23. The number of allylic oxidation sites excluding steroid dienone is 1. The average Bonchev–Trinajstić information content (AvgIpc) is 1.59. The van der Waals surface area contributed by atoms with Crippen LogP contribution in [-0.2, 0) is 4.79 Å². The number of primary amides is 1. The van der Waals surface area contributed by atoms with Gasteiger partial charge in [-0.15, -0.1) is 0 Å². The molecule has 0 fully saturated rings. The van der Waals surface area contributed by atoms with E-state index in [-0.39, 0.29) is 5.70 Å². The number of amides is 1. The van der Waals surface area contributed by atoms with Crippen molar-refractivity contribution in [2.75, 3.05) is 0 Å². The first-order valence-corrected chi connectivity index (χ1v) is 2.37. The lowest BCUT2D eigenvalue weighted by atomic mass is 10.3. The Morgan fingerprint density at radius 1 is 1.50 bits per heavy atom. The molecule has 0 saturated heterocycles. The minimum Gasteiger partial charge on any atom is -0.397 e. The molecule has 4 N–H and O–H groups in total. The Balaban J connectivity index is 4.79. The van der Waals surface area contributed by atoms with E-state index in [4.69, 9.17) is 5.73 Å². The Kier molecular flexibility index (Phi) is 2.36. The maximum absolute atomic E-state index is 10.2. The van der Waals surface area contributed by atoms with Crippen LogP contribution in [-0.4, -0.2) is 10.8 Å². The van der Waals surface area contributed by atoms with Gasteiger partial charge in [0.1, 0.15) is 0 Å². The Morgan fingerprint density at radius 2 is 1.90 bits per heavy atom.